The van der Waals surface area contributed by atoms with Crippen molar-refractivity contribution in [1.29, 1.82) is 0 Å². The molecule has 378 valence electrons. The van der Waals surface area contributed by atoms with Gasteiger partial charge < -0.3 is 44.3 Å². The van der Waals surface area contributed by atoms with Gasteiger partial charge in [-0.3, -0.25) is 19.2 Å². The number of ether oxygens (including phenoxy) is 5. The monoisotopic (exact) mass is 950 g/mol. The van der Waals surface area contributed by atoms with E-state index in [2.05, 4.69) is 66.9 Å². The first-order chi connectivity index (χ1) is 31.9. The molecule has 4 rings (SSSR count). The molecule has 3 fully saturated rings. The second kappa shape index (κ2) is 23.8. The van der Waals surface area contributed by atoms with Crippen LogP contribution in [-0.4, -0.2) is 105 Å². The van der Waals surface area contributed by atoms with Gasteiger partial charge in [0.1, 0.15) is 29.0 Å². The molecule has 4 N–H and O–H groups in total. The number of carbonyl (C=O) groups is 5. The Balaban J connectivity index is 1.57. The minimum absolute atomic E-state index is 0.111. The van der Waals surface area contributed by atoms with E-state index in [0.29, 0.717) is 18.4 Å². The molecule has 0 radical (unpaired) electrons. The predicted octanol–water partition coefficient (Wildman–Crippen LogP) is 8.35. The van der Waals surface area contributed by atoms with Gasteiger partial charge in [-0.2, -0.15) is 0 Å². The summed E-state index contributed by atoms with van der Waals surface area (Å²) >= 11 is 0. The fourth-order valence-corrected chi connectivity index (χ4v) is 9.98. The van der Waals surface area contributed by atoms with Crippen LogP contribution in [0, 0.1) is 22.7 Å². The van der Waals surface area contributed by atoms with Crippen molar-refractivity contribution < 1.29 is 63.0 Å². The highest BCUT2D eigenvalue weighted by Crippen LogP contribution is 2.63. The molecule has 2 bridgehead atoms. The SMILES string of the molecule is CC/C=C\C/C=C\C/C=C\C/C=C\C/C=C\C/C=C\CCC(=O)O[C@H]1C(=O)[C@@]2(C)[C@H]([C@H](OC(C)=O)[C@]3(O)CC(OC(=O)C(C)[C@H](C)NC(=O)OC(C)(C)C)C(C)=C1C3(C)C)[C@]1(O)CO[C@@H]1C[C@@H]2O. The number of aliphatic hydroxyl groups excluding tert-OH is 1. The van der Waals surface area contributed by atoms with Crippen LogP contribution < -0.4 is 5.32 Å². The lowest BCUT2D eigenvalue weighted by Gasteiger charge is -2.66. The highest BCUT2D eigenvalue weighted by molar-refractivity contribution is 5.95. The zero-order chi connectivity index (χ0) is 50.7. The summed E-state index contributed by atoms with van der Waals surface area (Å²) < 4.78 is 29.4. The molecule has 1 heterocycles. The third-order valence-electron chi connectivity index (χ3n) is 14.1. The number of hydrogen-bond acceptors (Lipinski definition) is 13. The summed E-state index contributed by atoms with van der Waals surface area (Å²) in [6.07, 6.45) is 22.1. The van der Waals surface area contributed by atoms with Crippen molar-refractivity contribution in [2.75, 3.05) is 6.61 Å². The maximum atomic E-state index is 15.4. The van der Waals surface area contributed by atoms with Crippen molar-refractivity contribution >= 4 is 29.8 Å². The molecule has 14 nitrogen and oxygen atoms in total. The van der Waals surface area contributed by atoms with E-state index in [1.165, 1.54) is 6.92 Å². The van der Waals surface area contributed by atoms with Gasteiger partial charge in [-0.1, -0.05) is 93.7 Å². The normalized spacial score (nSPS) is 31.4. The van der Waals surface area contributed by atoms with Gasteiger partial charge in [0, 0.05) is 43.6 Å². The Bertz CT molecular complexity index is 2020. The third kappa shape index (κ3) is 13.0. The molecular formula is C54H79NO13. The summed E-state index contributed by atoms with van der Waals surface area (Å²) in [4.78, 5) is 68.9. The van der Waals surface area contributed by atoms with E-state index in [-0.39, 0.29) is 31.4 Å². The summed E-state index contributed by atoms with van der Waals surface area (Å²) in [6.45, 7) is 17.6. The number of allylic oxidation sites excluding steroid dienone is 12. The number of aliphatic hydroxyl groups is 3. The Kier molecular flexibility index (Phi) is 19.6. The van der Waals surface area contributed by atoms with E-state index in [9.17, 15) is 34.5 Å². The third-order valence-corrected chi connectivity index (χ3v) is 14.1. The Morgan fingerprint density at radius 1 is 0.838 bits per heavy atom. The van der Waals surface area contributed by atoms with Gasteiger partial charge in [-0.05, 0) is 105 Å². The van der Waals surface area contributed by atoms with Crippen LogP contribution in [0.5, 0.6) is 0 Å². The number of esters is 3. The second-order valence-corrected chi connectivity index (χ2v) is 20.5. The molecule has 3 aliphatic carbocycles. The zero-order valence-corrected chi connectivity index (χ0v) is 42.2. The standard InChI is InChI=1S/C54H79NO13/c1-12-13-14-15-16-17-18-19-20-21-22-23-24-25-26-27-28-29-30-31-42(58)67-44-43-36(3)39(66-48(60)35(2)37(4)55-49(61)68-50(6,7)8)33-54(63,51(43,9)10)47(65-38(5)56)45-52(11,46(44)59)40(57)32-41-53(45,62)34-64-41/h13-14,16-17,19-20,22-23,25-26,28-29,35,37,39-41,44-45,47,57,62-63H,12,15,18,21,24,27,30-34H2,1-11H3,(H,55,61)/b14-13-,17-16-,20-19-,23-22-,26-25-,29-28-/t35?,37-,39?,40-,41+,44+,45-,47-,52+,53-,54+/m0/s1. The van der Waals surface area contributed by atoms with Crippen LogP contribution in [0.2, 0.25) is 0 Å². The van der Waals surface area contributed by atoms with Gasteiger partial charge in [0.15, 0.2) is 11.9 Å². The molecule has 1 amide bonds. The first-order valence-corrected chi connectivity index (χ1v) is 24.3. The number of alkyl carbamates (subject to hydrolysis) is 1. The minimum Gasteiger partial charge on any atom is -0.459 e. The molecule has 2 unspecified atom stereocenters. The lowest BCUT2D eigenvalue weighted by atomic mass is 9.44. The number of nitrogens with one attached hydrogen (secondary N) is 1. The predicted molar refractivity (Wildman–Crippen MR) is 259 cm³/mol. The fourth-order valence-electron chi connectivity index (χ4n) is 9.98. The lowest BCUT2D eigenvalue weighted by molar-refractivity contribution is -0.345. The van der Waals surface area contributed by atoms with Crippen molar-refractivity contribution in [3.8, 4) is 0 Å². The molecule has 2 saturated carbocycles. The first-order valence-electron chi connectivity index (χ1n) is 24.3. The topological polar surface area (TPSA) is 204 Å². The molecule has 0 spiro atoms. The highest BCUT2D eigenvalue weighted by Gasteiger charge is 2.76. The Labute approximate surface area is 404 Å². The Hall–Kier alpha value is -4.63. The molecule has 14 heteroatoms. The van der Waals surface area contributed by atoms with Crippen molar-refractivity contribution in [3.05, 3.63) is 84.1 Å². The molecule has 0 aromatic rings. The van der Waals surface area contributed by atoms with Gasteiger partial charge in [-0.15, -0.1) is 0 Å². The molecule has 68 heavy (non-hydrogen) atoms. The van der Waals surface area contributed by atoms with Gasteiger partial charge >= 0.3 is 24.0 Å². The summed E-state index contributed by atoms with van der Waals surface area (Å²) in [7, 11) is 0. The van der Waals surface area contributed by atoms with E-state index in [0.717, 1.165) is 39.0 Å². The van der Waals surface area contributed by atoms with Crippen molar-refractivity contribution in [1.82, 2.24) is 5.32 Å². The maximum absolute atomic E-state index is 15.4. The number of fused-ring (bicyclic) bond motifs is 5. The van der Waals surface area contributed by atoms with E-state index in [1.807, 2.05) is 18.2 Å². The molecule has 1 saturated heterocycles. The smallest absolute Gasteiger partial charge is 0.407 e. The number of hydrogen-bond donors (Lipinski definition) is 4. The average Bonchev–Trinajstić information content (AvgIpc) is 3.24. The maximum Gasteiger partial charge on any atom is 0.407 e. The molecule has 0 aromatic heterocycles. The van der Waals surface area contributed by atoms with Gasteiger partial charge in [0.05, 0.1) is 30.1 Å². The zero-order valence-electron chi connectivity index (χ0n) is 42.2. The van der Waals surface area contributed by atoms with Crippen molar-refractivity contribution in [2.45, 2.75) is 194 Å². The first kappa shape index (κ1) is 56.0. The summed E-state index contributed by atoms with van der Waals surface area (Å²) in [6, 6.07) is -0.765. The minimum atomic E-state index is -2.21. The largest absolute Gasteiger partial charge is 0.459 e. The van der Waals surface area contributed by atoms with Gasteiger partial charge in [-0.25, -0.2) is 4.79 Å². The van der Waals surface area contributed by atoms with E-state index < -0.39 is 106 Å². The average molecular weight is 950 g/mol. The van der Waals surface area contributed by atoms with E-state index in [1.54, 1.807) is 55.4 Å². The van der Waals surface area contributed by atoms with Crippen molar-refractivity contribution in [3.63, 3.8) is 0 Å². The fraction of sp³-hybridized carbons (Fsp3) is 0.648. The number of carbonyl (C=O) groups excluding carboxylic acids is 5. The van der Waals surface area contributed by atoms with Crippen LogP contribution in [0.1, 0.15) is 140 Å². The van der Waals surface area contributed by atoms with Gasteiger partial charge in [0.2, 0.25) is 0 Å². The molecule has 11 atom stereocenters. The van der Waals surface area contributed by atoms with Crippen LogP contribution in [-0.2, 0) is 42.9 Å². The van der Waals surface area contributed by atoms with Crippen LogP contribution >= 0.6 is 0 Å². The number of ketones is 1. The molecule has 4 aliphatic rings. The molecular weight excluding hydrogens is 871 g/mol. The van der Waals surface area contributed by atoms with Crippen LogP contribution in [0.4, 0.5) is 4.79 Å². The summed E-state index contributed by atoms with van der Waals surface area (Å²) in [5.74, 6) is -5.50. The molecule has 1 aliphatic heterocycles. The van der Waals surface area contributed by atoms with Crippen molar-refractivity contribution in [2.24, 2.45) is 22.7 Å². The van der Waals surface area contributed by atoms with Crippen LogP contribution in [0.15, 0.2) is 84.1 Å². The van der Waals surface area contributed by atoms with E-state index in [4.69, 9.17) is 23.7 Å². The second-order valence-electron chi connectivity index (χ2n) is 20.5. The highest BCUT2D eigenvalue weighted by atomic mass is 16.6. The number of rotatable bonds is 20. The summed E-state index contributed by atoms with van der Waals surface area (Å²) in [5.41, 5.74) is -7.92. The lowest BCUT2D eigenvalue weighted by Crippen LogP contribution is -2.81. The van der Waals surface area contributed by atoms with Gasteiger partial charge in [0.25, 0.3) is 0 Å². The summed E-state index contributed by atoms with van der Waals surface area (Å²) in [5, 5.41) is 40.3. The van der Waals surface area contributed by atoms with Crippen LogP contribution in [0.25, 0.3) is 0 Å². The quantitative estimate of drug-likeness (QED) is 0.0516. The number of Topliss-reactive ketones (excluding diaryl/α,β-unsaturated/α-hetero) is 1. The van der Waals surface area contributed by atoms with Crippen LogP contribution in [0.3, 0.4) is 0 Å². The Morgan fingerprint density at radius 3 is 1.85 bits per heavy atom. The Morgan fingerprint density at radius 2 is 1.37 bits per heavy atom. The molecule has 0 aromatic carbocycles. The number of amides is 1. The van der Waals surface area contributed by atoms with E-state index >= 15 is 4.79 Å².